The van der Waals surface area contributed by atoms with E-state index >= 15 is 0 Å². The summed E-state index contributed by atoms with van der Waals surface area (Å²) in [7, 11) is -3.95. The van der Waals surface area contributed by atoms with Crippen LogP contribution in [0.25, 0.3) is 0 Å². The maximum absolute atomic E-state index is 13.7. The number of hydrogen-bond donors (Lipinski definition) is 1. The lowest BCUT2D eigenvalue weighted by atomic mass is 10.3. The lowest BCUT2D eigenvalue weighted by Crippen LogP contribution is -2.14. The molecule has 0 fully saturated rings. The van der Waals surface area contributed by atoms with Crippen molar-refractivity contribution in [3.63, 3.8) is 0 Å². The normalized spacial score (nSPS) is 11.4. The van der Waals surface area contributed by atoms with Crippen molar-refractivity contribution in [2.75, 3.05) is 4.72 Å². The van der Waals surface area contributed by atoms with Gasteiger partial charge in [0.05, 0.1) is 10.7 Å². The van der Waals surface area contributed by atoms with Crippen LogP contribution in [0.3, 0.4) is 0 Å². The maximum Gasteiger partial charge on any atom is 0.263 e. The largest absolute Gasteiger partial charge is 0.277 e. The molecule has 0 aliphatic rings. The minimum absolute atomic E-state index is 0.0457. The second-order valence-corrected chi connectivity index (χ2v) is 7.69. The van der Waals surface area contributed by atoms with Crippen molar-refractivity contribution >= 4 is 59.2 Å². The predicted octanol–water partition coefficient (Wildman–Crippen LogP) is 4.80. The molecular formula is C12H7Br2ClFNO2S. The van der Waals surface area contributed by atoms with Crippen LogP contribution in [0.4, 0.5) is 10.1 Å². The first kappa shape index (κ1) is 15.8. The number of sulfonamides is 1. The fraction of sp³-hybridized carbons (Fsp3) is 0. The summed E-state index contributed by atoms with van der Waals surface area (Å²) in [5, 5.41) is 0.0457. The Bertz CT molecular complexity index is 768. The summed E-state index contributed by atoms with van der Waals surface area (Å²) in [4.78, 5) is -0.121. The first-order chi connectivity index (χ1) is 9.29. The van der Waals surface area contributed by atoms with Gasteiger partial charge in [-0.2, -0.15) is 0 Å². The van der Waals surface area contributed by atoms with Crippen molar-refractivity contribution in [2.24, 2.45) is 0 Å². The zero-order chi connectivity index (χ0) is 14.9. The smallest absolute Gasteiger partial charge is 0.263 e. The lowest BCUT2D eigenvalue weighted by molar-refractivity contribution is 0.598. The predicted molar refractivity (Wildman–Crippen MR) is 84.1 cm³/mol. The van der Waals surface area contributed by atoms with E-state index in [1.54, 1.807) is 6.07 Å². The van der Waals surface area contributed by atoms with E-state index in [-0.39, 0.29) is 15.6 Å². The molecule has 0 radical (unpaired) electrons. The molecule has 0 saturated heterocycles. The molecule has 3 nitrogen and oxygen atoms in total. The Kier molecular flexibility index (Phi) is 4.73. The highest BCUT2D eigenvalue weighted by Crippen LogP contribution is 2.28. The maximum atomic E-state index is 13.7. The van der Waals surface area contributed by atoms with Crippen molar-refractivity contribution < 1.29 is 12.8 Å². The Balaban J connectivity index is 2.41. The molecule has 0 aliphatic carbocycles. The van der Waals surface area contributed by atoms with Gasteiger partial charge in [0.15, 0.2) is 0 Å². The Morgan fingerprint density at radius 1 is 1.05 bits per heavy atom. The molecule has 0 heterocycles. The summed E-state index contributed by atoms with van der Waals surface area (Å²) in [6.07, 6.45) is 0. The van der Waals surface area contributed by atoms with Crippen LogP contribution < -0.4 is 4.72 Å². The van der Waals surface area contributed by atoms with E-state index in [1.807, 2.05) is 0 Å². The van der Waals surface area contributed by atoms with Crippen LogP contribution in [0.5, 0.6) is 0 Å². The molecule has 8 heteroatoms. The average molecular weight is 444 g/mol. The van der Waals surface area contributed by atoms with Gasteiger partial charge < -0.3 is 0 Å². The van der Waals surface area contributed by atoms with Gasteiger partial charge in [-0.05, 0) is 36.4 Å². The Hall–Kier alpha value is -0.630. The van der Waals surface area contributed by atoms with Gasteiger partial charge in [-0.15, -0.1) is 0 Å². The first-order valence-corrected chi connectivity index (χ1v) is 8.67. The number of benzene rings is 2. The van der Waals surface area contributed by atoms with E-state index in [1.165, 1.54) is 30.3 Å². The number of nitrogens with one attached hydrogen (secondary N) is 1. The molecule has 1 N–H and O–H groups in total. The minimum Gasteiger partial charge on any atom is -0.277 e. The molecule has 0 saturated carbocycles. The molecule has 106 valence electrons. The molecule has 0 bridgehead atoms. The van der Waals surface area contributed by atoms with E-state index < -0.39 is 15.8 Å². The summed E-state index contributed by atoms with van der Waals surface area (Å²) in [5.74, 6) is -0.684. The molecule has 2 aromatic carbocycles. The monoisotopic (exact) mass is 441 g/mol. The highest BCUT2D eigenvalue weighted by molar-refractivity contribution is 9.10. The van der Waals surface area contributed by atoms with Crippen LogP contribution in [-0.2, 0) is 10.0 Å². The summed E-state index contributed by atoms with van der Waals surface area (Å²) in [5.41, 5.74) is -0.146. The molecule has 0 unspecified atom stereocenters. The number of halogens is 4. The van der Waals surface area contributed by atoms with Crippen molar-refractivity contribution in [3.8, 4) is 0 Å². The van der Waals surface area contributed by atoms with Crippen molar-refractivity contribution in [2.45, 2.75) is 4.90 Å². The topological polar surface area (TPSA) is 46.2 Å². The third kappa shape index (κ3) is 3.52. The number of anilines is 1. The summed E-state index contributed by atoms with van der Waals surface area (Å²) < 4.78 is 41.4. The highest BCUT2D eigenvalue weighted by Gasteiger charge is 2.19. The second-order valence-electron chi connectivity index (χ2n) is 3.80. The molecule has 2 aromatic rings. The first-order valence-electron chi connectivity index (χ1n) is 5.22. The van der Waals surface area contributed by atoms with Gasteiger partial charge in [0.1, 0.15) is 10.7 Å². The molecule has 20 heavy (non-hydrogen) atoms. The summed E-state index contributed by atoms with van der Waals surface area (Å²) in [6.45, 7) is 0. The van der Waals surface area contributed by atoms with Gasteiger partial charge in [0.2, 0.25) is 0 Å². The zero-order valence-corrected chi connectivity index (χ0v) is 14.4. The van der Waals surface area contributed by atoms with E-state index in [2.05, 4.69) is 36.6 Å². The second kappa shape index (κ2) is 6.01. The fourth-order valence-electron chi connectivity index (χ4n) is 1.47. The third-order valence-corrected chi connectivity index (χ3v) is 5.19. The van der Waals surface area contributed by atoms with Crippen LogP contribution in [0.15, 0.2) is 50.2 Å². The SMILES string of the molecule is O=S(=O)(Nc1ccc(Br)cc1F)c1ccc(Br)cc1Cl. The Morgan fingerprint density at radius 2 is 1.65 bits per heavy atom. The minimum atomic E-state index is -3.95. The molecule has 0 aliphatic heterocycles. The van der Waals surface area contributed by atoms with E-state index in [4.69, 9.17) is 11.6 Å². The van der Waals surface area contributed by atoms with E-state index in [0.29, 0.717) is 8.95 Å². The highest BCUT2D eigenvalue weighted by atomic mass is 79.9. The average Bonchev–Trinajstić information content (AvgIpc) is 2.32. The Labute approximate surface area is 137 Å². The summed E-state index contributed by atoms with van der Waals surface area (Å²) in [6, 6.07) is 8.35. The molecule has 0 aromatic heterocycles. The molecule has 0 atom stereocenters. The van der Waals surface area contributed by atoms with Crippen LogP contribution in [-0.4, -0.2) is 8.42 Å². The summed E-state index contributed by atoms with van der Waals surface area (Å²) >= 11 is 12.2. The number of hydrogen-bond acceptors (Lipinski definition) is 2. The number of rotatable bonds is 3. The molecule has 2 rings (SSSR count). The third-order valence-electron chi connectivity index (χ3n) is 2.36. The van der Waals surface area contributed by atoms with E-state index in [0.717, 1.165) is 0 Å². The van der Waals surface area contributed by atoms with Gasteiger partial charge in [-0.1, -0.05) is 43.5 Å². The molecular weight excluding hydrogens is 436 g/mol. The van der Waals surface area contributed by atoms with Gasteiger partial charge in [-0.3, -0.25) is 4.72 Å². The van der Waals surface area contributed by atoms with Crippen LogP contribution in [0, 0.1) is 5.82 Å². The van der Waals surface area contributed by atoms with Crippen LogP contribution in [0.1, 0.15) is 0 Å². The van der Waals surface area contributed by atoms with Crippen molar-refractivity contribution in [1.29, 1.82) is 0 Å². The molecule has 0 spiro atoms. The Morgan fingerprint density at radius 3 is 2.25 bits per heavy atom. The standard InChI is InChI=1S/C12H7Br2ClFNO2S/c13-7-2-4-12(9(15)5-7)20(18,19)17-11-3-1-8(14)6-10(11)16/h1-6,17H. The zero-order valence-electron chi connectivity index (χ0n) is 9.70. The van der Waals surface area contributed by atoms with Crippen LogP contribution in [0.2, 0.25) is 5.02 Å². The molecule has 0 amide bonds. The fourth-order valence-corrected chi connectivity index (χ4v) is 3.90. The van der Waals surface area contributed by atoms with Crippen molar-refractivity contribution in [3.05, 3.63) is 56.2 Å². The van der Waals surface area contributed by atoms with Gasteiger partial charge >= 0.3 is 0 Å². The van der Waals surface area contributed by atoms with Gasteiger partial charge in [0, 0.05) is 8.95 Å². The quantitative estimate of drug-likeness (QED) is 0.741. The van der Waals surface area contributed by atoms with E-state index in [9.17, 15) is 12.8 Å². The van der Waals surface area contributed by atoms with Gasteiger partial charge in [-0.25, -0.2) is 12.8 Å². The van der Waals surface area contributed by atoms with Crippen molar-refractivity contribution in [1.82, 2.24) is 0 Å². The lowest BCUT2D eigenvalue weighted by Gasteiger charge is -2.10. The van der Waals surface area contributed by atoms with Crippen LogP contribution >= 0.6 is 43.5 Å². The van der Waals surface area contributed by atoms with Gasteiger partial charge in [0.25, 0.3) is 10.0 Å².